The van der Waals surface area contributed by atoms with E-state index in [4.69, 9.17) is 9.47 Å². The number of nitrogens with zero attached hydrogens (tertiary/aromatic N) is 1. The third-order valence-electron chi connectivity index (χ3n) is 2.79. The summed E-state index contributed by atoms with van der Waals surface area (Å²) in [6.45, 7) is 3.17. The molecule has 7 heteroatoms. The highest BCUT2D eigenvalue weighted by Crippen LogP contribution is 1.94. The summed E-state index contributed by atoms with van der Waals surface area (Å²) in [6, 6.07) is 0. The Kier molecular flexibility index (Phi) is 6.89. The minimum atomic E-state index is -0.540. The van der Waals surface area contributed by atoms with Crippen molar-refractivity contribution in [1.82, 2.24) is 9.55 Å². The van der Waals surface area contributed by atoms with E-state index in [0.717, 1.165) is 17.2 Å². The second-order valence-electron chi connectivity index (χ2n) is 4.33. The lowest BCUT2D eigenvalue weighted by Gasteiger charge is -2.06. The second kappa shape index (κ2) is 8.44. The predicted octanol–water partition coefficient (Wildman–Crippen LogP) is 0.182. The molecular formula is C13H20N2O5. The van der Waals surface area contributed by atoms with Crippen LogP contribution in [0.4, 0.5) is 0 Å². The average Bonchev–Trinajstić information content (AvgIpc) is 2.40. The molecule has 0 spiro atoms. The topological polar surface area (TPSA) is 90.4 Å². The first kappa shape index (κ1) is 16.3. The highest BCUT2D eigenvalue weighted by Gasteiger charge is 2.10. The highest BCUT2D eigenvalue weighted by atomic mass is 16.5. The number of hydrogen-bond acceptors (Lipinski definition) is 5. The lowest BCUT2D eigenvalue weighted by Crippen LogP contribution is -2.37. The molecular weight excluding hydrogens is 264 g/mol. The second-order valence-corrected chi connectivity index (χ2v) is 4.33. The molecule has 1 rings (SSSR count). The Bertz CT molecular complexity index is 546. The van der Waals surface area contributed by atoms with Crippen molar-refractivity contribution in [2.45, 2.75) is 26.3 Å². The van der Waals surface area contributed by atoms with Crippen LogP contribution in [0.25, 0.3) is 0 Å². The maximum atomic E-state index is 11.9. The highest BCUT2D eigenvalue weighted by molar-refractivity contribution is 5.93. The van der Waals surface area contributed by atoms with E-state index < -0.39 is 11.2 Å². The maximum absolute atomic E-state index is 11.9. The fraction of sp³-hybridized carbons (Fsp3) is 0.615. The van der Waals surface area contributed by atoms with Crippen molar-refractivity contribution < 1.29 is 14.3 Å². The number of hydrogen-bond donors (Lipinski definition) is 1. The number of aromatic nitrogens is 2. The largest absolute Gasteiger partial charge is 0.382 e. The average molecular weight is 284 g/mol. The predicted molar refractivity (Wildman–Crippen MR) is 73.3 cm³/mol. The molecule has 7 nitrogen and oxygen atoms in total. The zero-order valence-electron chi connectivity index (χ0n) is 11.8. The van der Waals surface area contributed by atoms with Crippen molar-refractivity contribution in [2.75, 3.05) is 26.9 Å². The summed E-state index contributed by atoms with van der Waals surface area (Å²) in [6.07, 6.45) is 2.51. The van der Waals surface area contributed by atoms with Gasteiger partial charge in [-0.05, 0) is 19.8 Å². The minimum Gasteiger partial charge on any atom is -0.382 e. The summed E-state index contributed by atoms with van der Waals surface area (Å²) in [4.78, 5) is 37.1. The molecule has 0 amide bonds. The van der Waals surface area contributed by atoms with Crippen LogP contribution in [-0.2, 0) is 16.0 Å². The number of ketones is 1. The van der Waals surface area contributed by atoms with Crippen LogP contribution in [-0.4, -0.2) is 42.3 Å². The molecule has 0 aliphatic heterocycles. The van der Waals surface area contributed by atoms with Crippen molar-refractivity contribution in [1.29, 1.82) is 0 Å². The normalized spacial score (nSPS) is 10.7. The molecule has 0 aliphatic rings. The number of aromatic amines is 1. The molecule has 0 radical (unpaired) electrons. The third kappa shape index (κ3) is 4.75. The molecule has 20 heavy (non-hydrogen) atoms. The first-order valence-corrected chi connectivity index (χ1v) is 6.48. The number of rotatable bonds is 9. The van der Waals surface area contributed by atoms with Crippen LogP contribution < -0.4 is 11.2 Å². The Balaban J connectivity index is 2.52. The molecule has 0 bridgehead atoms. The Morgan fingerprint density at radius 2 is 2.00 bits per heavy atom. The molecule has 0 saturated carbocycles. The Hall–Kier alpha value is -1.73. The van der Waals surface area contributed by atoms with Crippen molar-refractivity contribution >= 4 is 5.78 Å². The van der Waals surface area contributed by atoms with Gasteiger partial charge in [0.15, 0.2) is 5.78 Å². The molecule has 1 aromatic rings. The van der Waals surface area contributed by atoms with E-state index in [2.05, 4.69) is 4.98 Å². The van der Waals surface area contributed by atoms with Gasteiger partial charge in [-0.3, -0.25) is 14.2 Å². The van der Waals surface area contributed by atoms with E-state index in [9.17, 15) is 14.4 Å². The molecule has 0 unspecified atom stereocenters. The van der Waals surface area contributed by atoms with Crippen molar-refractivity contribution in [3.8, 4) is 0 Å². The number of carbonyl (C=O) groups excluding carboxylic acids is 1. The molecule has 0 aliphatic carbocycles. The molecule has 0 atom stereocenters. The number of H-pyrrole nitrogens is 1. The van der Waals surface area contributed by atoms with Crippen molar-refractivity contribution in [2.24, 2.45) is 0 Å². The van der Waals surface area contributed by atoms with E-state index in [1.54, 1.807) is 7.11 Å². The summed E-state index contributed by atoms with van der Waals surface area (Å²) in [5.41, 5.74) is -1.04. The van der Waals surface area contributed by atoms with Gasteiger partial charge in [-0.2, -0.15) is 0 Å². The number of Topliss-reactive ketones (excluding diaryl/α,β-unsaturated/α-hetero) is 1. The Labute approximate surface area is 116 Å². The van der Waals surface area contributed by atoms with Gasteiger partial charge in [0.05, 0.1) is 18.8 Å². The van der Waals surface area contributed by atoms with Gasteiger partial charge >= 0.3 is 5.69 Å². The van der Waals surface area contributed by atoms with E-state index in [0.29, 0.717) is 26.2 Å². The molecule has 1 N–H and O–H groups in total. The summed E-state index contributed by atoms with van der Waals surface area (Å²) in [7, 11) is 1.60. The number of methoxy groups -OCH3 is 1. The smallest absolute Gasteiger partial charge is 0.328 e. The van der Waals surface area contributed by atoms with Crippen LogP contribution in [0.3, 0.4) is 0 Å². The van der Waals surface area contributed by atoms with Gasteiger partial charge in [-0.25, -0.2) is 4.79 Å². The minimum absolute atomic E-state index is 0.000875. The molecule has 0 saturated heterocycles. The third-order valence-corrected chi connectivity index (χ3v) is 2.79. The van der Waals surface area contributed by atoms with Crippen LogP contribution in [0.2, 0.25) is 0 Å². The summed E-state index contributed by atoms with van der Waals surface area (Å²) in [5.74, 6) is -0.358. The van der Waals surface area contributed by atoms with Gasteiger partial charge in [0.25, 0.3) is 5.56 Å². The van der Waals surface area contributed by atoms with Crippen LogP contribution in [0.5, 0.6) is 0 Å². The fourth-order valence-electron chi connectivity index (χ4n) is 1.68. The Morgan fingerprint density at radius 1 is 1.25 bits per heavy atom. The summed E-state index contributed by atoms with van der Waals surface area (Å²) >= 11 is 0. The van der Waals surface area contributed by atoms with Crippen LogP contribution >= 0.6 is 0 Å². The van der Waals surface area contributed by atoms with E-state index >= 15 is 0 Å². The van der Waals surface area contributed by atoms with Crippen LogP contribution in [0.1, 0.15) is 30.1 Å². The SMILES string of the molecule is COCCOCCCCn1c(=O)[nH]cc(C(C)=O)c1=O. The maximum Gasteiger partial charge on any atom is 0.328 e. The van der Waals surface area contributed by atoms with Crippen molar-refractivity contribution in [3.05, 3.63) is 32.6 Å². The lowest BCUT2D eigenvalue weighted by molar-refractivity contribution is 0.0683. The molecule has 1 aromatic heterocycles. The molecule has 0 fully saturated rings. The molecule has 112 valence electrons. The van der Waals surface area contributed by atoms with Gasteiger partial charge < -0.3 is 14.5 Å². The van der Waals surface area contributed by atoms with Gasteiger partial charge in [0.1, 0.15) is 0 Å². The first-order chi connectivity index (χ1) is 9.57. The van der Waals surface area contributed by atoms with Gasteiger partial charge in [-0.1, -0.05) is 0 Å². The molecule has 0 aromatic carbocycles. The van der Waals surface area contributed by atoms with E-state index in [-0.39, 0.29) is 17.9 Å². The van der Waals surface area contributed by atoms with Crippen LogP contribution in [0, 0.1) is 0 Å². The summed E-state index contributed by atoms with van der Waals surface area (Å²) < 4.78 is 11.2. The number of ether oxygens (including phenoxy) is 2. The zero-order valence-corrected chi connectivity index (χ0v) is 11.8. The number of unbranched alkanes of at least 4 members (excludes halogenated alkanes) is 1. The molecule has 1 heterocycles. The zero-order chi connectivity index (χ0) is 15.0. The van der Waals surface area contributed by atoms with Crippen LogP contribution in [0.15, 0.2) is 15.8 Å². The van der Waals surface area contributed by atoms with Gasteiger partial charge in [0, 0.05) is 26.5 Å². The van der Waals surface area contributed by atoms with Gasteiger partial charge in [0.2, 0.25) is 0 Å². The van der Waals surface area contributed by atoms with Crippen molar-refractivity contribution in [3.63, 3.8) is 0 Å². The Morgan fingerprint density at radius 3 is 2.65 bits per heavy atom. The lowest BCUT2D eigenvalue weighted by atomic mass is 10.2. The van der Waals surface area contributed by atoms with E-state index in [1.807, 2.05) is 0 Å². The van der Waals surface area contributed by atoms with Gasteiger partial charge in [-0.15, -0.1) is 0 Å². The quantitative estimate of drug-likeness (QED) is 0.516. The number of carbonyl (C=O) groups is 1. The summed E-state index contributed by atoms with van der Waals surface area (Å²) in [5, 5.41) is 0. The standard InChI is InChI=1S/C13H20N2O5/c1-10(16)11-9-14-13(18)15(12(11)17)5-3-4-6-20-8-7-19-2/h9H,3-8H2,1-2H3,(H,14,18). The van der Waals surface area contributed by atoms with E-state index in [1.165, 1.54) is 6.92 Å². The fourth-order valence-corrected chi connectivity index (χ4v) is 1.68. The monoisotopic (exact) mass is 284 g/mol. The number of nitrogens with one attached hydrogen (secondary N) is 1. The first-order valence-electron chi connectivity index (χ1n) is 6.48.